The summed E-state index contributed by atoms with van der Waals surface area (Å²) in [6.45, 7) is 1.28. The predicted molar refractivity (Wildman–Crippen MR) is 71.0 cm³/mol. The maximum atomic E-state index is 12.4. The van der Waals surface area contributed by atoms with Crippen LogP contribution in [-0.4, -0.2) is 77.6 Å². The van der Waals surface area contributed by atoms with Crippen LogP contribution in [0.4, 0.5) is 4.79 Å². The number of hydrogen-bond donors (Lipinski definition) is 1. The molecule has 1 aliphatic heterocycles. The summed E-state index contributed by atoms with van der Waals surface area (Å²) in [5.41, 5.74) is 0. The number of carbonyl (C=O) groups excluding carboxylic acids is 1. The van der Waals surface area contributed by atoms with Gasteiger partial charge in [-0.05, 0) is 39.8 Å². The van der Waals surface area contributed by atoms with Crippen LogP contribution in [-0.2, 0) is 4.79 Å². The van der Waals surface area contributed by atoms with Gasteiger partial charge in [-0.3, -0.25) is 4.79 Å². The van der Waals surface area contributed by atoms with E-state index in [1.54, 1.807) is 4.90 Å². The Hall–Kier alpha value is -1.30. The normalized spacial score (nSPS) is 20.7. The zero-order valence-electron chi connectivity index (χ0n) is 11.7. The van der Waals surface area contributed by atoms with Crippen LogP contribution in [0.3, 0.4) is 0 Å². The summed E-state index contributed by atoms with van der Waals surface area (Å²) < 4.78 is 0. The fourth-order valence-electron chi connectivity index (χ4n) is 2.64. The minimum atomic E-state index is -0.927. The Morgan fingerprint density at radius 2 is 1.68 bits per heavy atom. The molecule has 0 bridgehead atoms. The third kappa shape index (κ3) is 3.59. The number of carboxylic acid groups (broad SMARTS) is 1. The van der Waals surface area contributed by atoms with Crippen LogP contribution in [0.1, 0.15) is 25.7 Å². The Kier molecular flexibility index (Phi) is 4.29. The molecule has 2 rings (SSSR count). The van der Waals surface area contributed by atoms with Crippen molar-refractivity contribution in [3.05, 3.63) is 0 Å². The molecule has 19 heavy (non-hydrogen) atoms. The first-order chi connectivity index (χ1) is 8.99. The molecular weight excluding hydrogens is 246 g/mol. The van der Waals surface area contributed by atoms with E-state index in [1.165, 1.54) is 4.90 Å². The fraction of sp³-hybridized carbons (Fsp3) is 0.846. The van der Waals surface area contributed by atoms with E-state index in [0.29, 0.717) is 6.04 Å². The van der Waals surface area contributed by atoms with E-state index in [2.05, 4.69) is 19.0 Å². The average molecular weight is 269 g/mol. The number of rotatable bonds is 4. The van der Waals surface area contributed by atoms with Crippen LogP contribution in [0.25, 0.3) is 0 Å². The quantitative estimate of drug-likeness (QED) is 0.815. The topological polar surface area (TPSA) is 64.1 Å². The summed E-state index contributed by atoms with van der Waals surface area (Å²) in [6, 6.07) is 0.579. The monoisotopic (exact) mass is 269 g/mol. The molecule has 1 saturated carbocycles. The van der Waals surface area contributed by atoms with Crippen LogP contribution in [0.5, 0.6) is 0 Å². The van der Waals surface area contributed by atoms with Crippen LogP contribution < -0.4 is 0 Å². The fourth-order valence-corrected chi connectivity index (χ4v) is 2.64. The van der Waals surface area contributed by atoms with Crippen molar-refractivity contribution < 1.29 is 14.7 Å². The molecule has 1 N–H and O–H groups in total. The summed E-state index contributed by atoms with van der Waals surface area (Å²) in [6.07, 6.45) is 3.80. The van der Waals surface area contributed by atoms with Crippen molar-refractivity contribution in [1.82, 2.24) is 14.7 Å². The van der Waals surface area contributed by atoms with Crippen LogP contribution in [0, 0.1) is 0 Å². The standard InChI is InChI=1S/C13H23N3O3/c1-14(2)10-5-7-15(8-6-10)13(19)16(9-12(17)18)11-3-4-11/h10-11H,3-9H2,1-2H3,(H,17,18). The smallest absolute Gasteiger partial charge is 0.323 e. The van der Waals surface area contributed by atoms with E-state index < -0.39 is 5.97 Å². The number of urea groups is 1. The lowest BCUT2D eigenvalue weighted by Crippen LogP contribution is -2.51. The molecule has 1 aliphatic carbocycles. The molecule has 0 aromatic heterocycles. The SMILES string of the molecule is CN(C)C1CCN(C(=O)N(CC(=O)O)C2CC2)CC1. The van der Waals surface area contributed by atoms with E-state index in [0.717, 1.165) is 38.8 Å². The summed E-state index contributed by atoms with van der Waals surface area (Å²) in [7, 11) is 4.12. The molecule has 6 heteroatoms. The van der Waals surface area contributed by atoms with Crippen molar-refractivity contribution in [2.75, 3.05) is 33.7 Å². The Balaban J connectivity index is 1.90. The first-order valence-corrected chi connectivity index (χ1v) is 6.93. The second-order valence-corrected chi connectivity index (χ2v) is 5.72. The molecule has 1 heterocycles. The van der Waals surface area contributed by atoms with Crippen LogP contribution >= 0.6 is 0 Å². The van der Waals surface area contributed by atoms with Gasteiger partial charge in [-0.1, -0.05) is 0 Å². The van der Waals surface area contributed by atoms with Crippen LogP contribution in [0.2, 0.25) is 0 Å². The van der Waals surface area contributed by atoms with E-state index in [4.69, 9.17) is 5.11 Å². The molecule has 2 amide bonds. The number of piperidine rings is 1. The molecule has 1 saturated heterocycles. The maximum Gasteiger partial charge on any atom is 0.323 e. The average Bonchev–Trinajstić information content (AvgIpc) is 3.19. The lowest BCUT2D eigenvalue weighted by Gasteiger charge is -2.37. The van der Waals surface area contributed by atoms with E-state index in [-0.39, 0.29) is 18.6 Å². The van der Waals surface area contributed by atoms with Gasteiger partial charge in [0.2, 0.25) is 0 Å². The molecule has 6 nitrogen and oxygen atoms in total. The highest BCUT2D eigenvalue weighted by Gasteiger charge is 2.37. The highest BCUT2D eigenvalue weighted by Crippen LogP contribution is 2.28. The second kappa shape index (κ2) is 5.77. The second-order valence-electron chi connectivity index (χ2n) is 5.72. The van der Waals surface area contributed by atoms with Gasteiger partial charge in [-0.25, -0.2) is 4.79 Å². The van der Waals surface area contributed by atoms with Crippen molar-refractivity contribution in [2.24, 2.45) is 0 Å². The number of nitrogens with zero attached hydrogens (tertiary/aromatic N) is 3. The Labute approximate surface area is 114 Å². The first kappa shape index (κ1) is 14.1. The molecule has 2 fully saturated rings. The molecule has 0 aromatic rings. The van der Waals surface area contributed by atoms with Crippen molar-refractivity contribution >= 4 is 12.0 Å². The van der Waals surface area contributed by atoms with Gasteiger partial charge >= 0.3 is 12.0 Å². The van der Waals surface area contributed by atoms with Crippen molar-refractivity contribution in [2.45, 2.75) is 37.8 Å². The van der Waals surface area contributed by atoms with Crippen molar-refractivity contribution in [3.63, 3.8) is 0 Å². The van der Waals surface area contributed by atoms with E-state index >= 15 is 0 Å². The third-order valence-corrected chi connectivity index (χ3v) is 4.00. The van der Waals surface area contributed by atoms with E-state index in [9.17, 15) is 9.59 Å². The van der Waals surface area contributed by atoms with Gasteiger partial charge in [0.15, 0.2) is 0 Å². The number of carboxylic acids is 1. The minimum Gasteiger partial charge on any atom is -0.480 e. The maximum absolute atomic E-state index is 12.4. The van der Waals surface area contributed by atoms with Crippen LogP contribution in [0.15, 0.2) is 0 Å². The van der Waals surface area contributed by atoms with Crippen molar-refractivity contribution in [3.8, 4) is 0 Å². The molecule has 0 spiro atoms. The molecule has 0 atom stereocenters. The van der Waals surface area contributed by atoms with Gasteiger partial charge in [0.1, 0.15) is 6.54 Å². The highest BCUT2D eigenvalue weighted by molar-refractivity contribution is 5.80. The first-order valence-electron chi connectivity index (χ1n) is 6.93. The summed E-state index contributed by atoms with van der Waals surface area (Å²) in [4.78, 5) is 28.7. The molecule has 0 aromatic carbocycles. The van der Waals surface area contributed by atoms with Crippen molar-refractivity contribution in [1.29, 1.82) is 0 Å². The van der Waals surface area contributed by atoms with Gasteiger partial charge in [0, 0.05) is 25.2 Å². The Morgan fingerprint density at radius 3 is 2.11 bits per heavy atom. The number of hydrogen-bond acceptors (Lipinski definition) is 3. The lowest BCUT2D eigenvalue weighted by atomic mass is 10.0. The number of aliphatic carboxylic acids is 1. The predicted octanol–water partition coefficient (Wildman–Crippen LogP) is 0.681. The van der Waals surface area contributed by atoms with Gasteiger partial charge in [0.25, 0.3) is 0 Å². The zero-order chi connectivity index (χ0) is 14.0. The van der Waals surface area contributed by atoms with Gasteiger partial charge < -0.3 is 19.8 Å². The largest absolute Gasteiger partial charge is 0.480 e. The molecule has 2 aliphatic rings. The summed E-state index contributed by atoms with van der Waals surface area (Å²) in [5, 5.41) is 8.90. The van der Waals surface area contributed by atoms with Gasteiger partial charge in [0.05, 0.1) is 0 Å². The molecular formula is C13H23N3O3. The van der Waals surface area contributed by atoms with Gasteiger partial charge in [-0.2, -0.15) is 0 Å². The Bertz CT molecular complexity index is 347. The summed E-state index contributed by atoms with van der Waals surface area (Å²) in [5.74, 6) is -0.927. The number of likely N-dealkylation sites (tertiary alicyclic amines) is 1. The van der Waals surface area contributed by atoms with Gasteiger partial charge in [-0.15, -0.1) is 0 Å². The minimum absolute atomic E-state index is 0.0953. The highest BCUT2D eigenvalue weighted by atomic mass is 16.4. The lowest BCUT2D eigenvalue weighted by molar-refractivity contribution is -0.137. The third-order valence-electron chi connectivity index (χ3n) is 4.00. The molecule has 108 valence electrons. The number of amides is 2. The van der Waals surface area contributed by atoms with E-state index in [1.807, 2.05) is 0 Å². The summed E-state index contributed by atoms with van der Waals surface area (Å²) >= 11 is 0. The molecule has 0 unspecified atom stereocenters. The Morgan fingerprint density at radius 1 is 1.11 bits per heavy atom. The molecule has 0 radical (unpaired) electrons. The number of carbonyl (C=O) groups is 2. The zero-order valence-corrected chi connectivity index (χ0v) is 11.7.